The fourth-order valence-corrected chi connectivity index (χ4v) is 3.84. The number of anilines is 1. The van der Waals surface area contributed by atoms with Crippen molar-refractivity contribution in [2.24, 2.45) is 0 Å². The van der Waals surface area contributed by atoms with E-state index < -0.39 is 17.5 Å². The van der Waals surface area contributed by atoms with Gasteiger partial charge in [-0.25, -0.2) is 4.79 Å². The molecule has 0 bridgehead atoms. The van der Waals surface area contributed by atoms with Crippen molar-refractivity contribution in [1.82, 2.24) is 4.90 Å². The molecule has 0 aromatic heterocycles. The summed E-state index contributed by atoms with van der Waals surface area (Å²) in [6.45, 7) is 3.58. The number of urea groups is 1. The predicted molar refractivity (Wildman–Crippen MR) is 93.2 cm³/mol. The second kappa shape index (κ2) is 6.86. The Kier molecular flexibility index (Phi) is 4.79. The highest BCUT2D eigenvalue weighted by atomic mass is 16.5. The second-order valence-electron chi connectivity index (χ2n) is 6.74. The van der Waals surface area contributed by atoms with Crippen LogP contribution in [0, 0.1) is 6.92 Å². The molecule has 2 fully saturated rings. The molecule has 1 heterocycles. The highest BCUT2D eigenvalue weighted by molar-refractivity contribution is 6.18. The minimum atomic E-state index is -0.864. The fourth-order valence-electron chi connectivity index (χ4n) is 3.84. The maximum atomic E-state index is 13.1. The van der Waals surface area contributed by atoms with Crippen LogP contribution >= 0.6 is 0 Å². The molecular formula is C19H24N2O4. The SMILES string of the molecule is CCOC(=O)CN1C(=O)N(c2ccc(C)cc2)C2(CCCCC2)C1=O. The number of rotatable bonds is 4. The number of aryl methyl sites for hydroxylation is 1. The lowest BCUT2D eigenvalue weighted by molar-refractivity contribution is -0.147. The lowest BCUT2D eigenvalue weighted by atomic mass is 9.80. The zero-order chi connectivity index (χ0) is 18.0. The monoisotopic (exact) mass is 344 g/mol. The molecule has 6 heteroatoms. The van der Waals surface area contributed by atoms with E-state index in [0.29, 0.717) is 18.5 Å². The molecule has 3 amide bonds. The van der Waals surface area contributed by atoms with Crippen molar-refractivity contribution in [2.75, 3.05) is 18.1 Å². The summed E-state index contributed by atoms with van der Waals surface area (Å²) in [5.74, 6) is -0.827. The summed E-state index contributed by atoms with van der Waals surface area (Å²) >= 11 is 0. The number of carbonyl (C=O) groups is 3. The van der Waals surface area contributed by atoms with E-state index in [0.717, 1.165) is 29.7 Å². The van der Waals surface area contributed by atoms with Crippen molar-refractivity contribution in [2.45, 2.75) is 51.5 Å². The Morgan fingerprint density at radius 2 is 1.76 bits per heavy atom. The number of benzene rings is 1. The number of nitrogens with zero attached hydrogens (tertiary/aromatic N) is 2. The Bertz CT molecular complexity index is 677. The molecule has 1 spiro atoms. The topological polar surface area (TPSA) is 66.9 Å². The molecule has 1 saturated heterocycles. The van der Waals surface area contributed by atoms with Gasteiger partial charge in [-0.05, 0) is 38.8 Å². The number of carbonyl (C=O) groups excluding carboxylic acids is 3. The maximum absolute atomic E-state index is 13.1. The highest BCUT2D eigenvalue weighted by Crippen LogP contribution is 2.43. The van der Waals surface area contributed by atoms with Crippen LogP contribution in [0.2, 0.25) is 0 Å². The van der Waals surface area contributed by atoms with E-state index in [-0.39, 0.29) is 19.1 Å². The molecule has 1 aromatic carbocycles. The third-order valence-corrected chi connectivity index (χ3v) is 5.06. The maximum Gasteiger partial charge on any atom is 0.332 e. The van der Waals surface area contributed by atoms with Gasteiger partial charge in [-0.15, -0.1) is 0 Å². The minimum Gasteiger partial charge on any atom is -0.465 e. The normalized spacial score (nSPS) is 19.6. The fraction of sp³-hybridized carbons (Fsp3) is 0.526. The summed E-state index contributed by atoms with van der Waals surface area (Å²) in [5.41, 5.74) is 0.928. The Hall–Kier alpha value is -2.37. The first-order chi connectivity index (χ1) is 12.0. The van der Waals surface area contributed by atoms with E-state index >= 15 is 0 Å². The van der Waals surface area contributed by atoms with Gasteiger partial charge in [-0.2, -0.15) is 0 Å². The van der Waals surface area contributed by atoms with Crippen LogP contribution in [0.3, 0.4) is 0 Å². The molecule has 0 unspecified atom stereocenters. The van der Waals surface area contributed by atoms with Gasteiger partial charge in [-0.1, -0.05) is 37.0 Å². The van der Waals surface area contributed by atoms with E-state index in [1.54, 1.807) is 11.8 Å². The summed E-state index contributed by atoms with van der Waals surface area (Å²) in [6, 6.07) is 7.16. The van der Waals surface area contributed by atoms with E-state index in [1.807, 2.05) is 31.2 Å². The molecule has 1 aromatic rings. The zero-order valence-corrected chi connectivity index (χ0v) is 14.8. The van der Waals surface area contributed by atoms with Crippen LogP contribution in [0.5, 0.6) is 0 Å². The first-order valence-electron chi connectivity index (χ1n) is 8.88. The number of hydrogen-bond donors (Lipinski definition) is 0. The Morgan fingerprint density at radius 3 is 2.36 bits per heavy atom. The number of ether oxygens (including phenoxy) is 1. The van der Waals surface area contributed by atoms with Gasteiger partial charge >= 0.3 is 12.0 Å². The molecule has 0 radical (unpaired) electrons. The minimum absolute atomic E-state index is 0.224. The lowest BCUT2D eigenvalue weighted by Gasteiger charge is -2.38. The number of imide groups is 1. The van der Waals surface area contributed by atoms with Gasteiger partial charge in [0, 0.05) is 5.69 Å². The van der Waals surface area contributed by atoms with E-state index in [1.165, 1.54) is 0 Å². The summed E-state index contributed by atoms with van der Waals surface area (Å²) in [7, 11) is 0. The highest BCUT2D eigenvalue weighted by Gasteiger charge is 2.58. The van der Waals surface area contributed by atoms with Crippen LogP contribution in [0.25, 0.3) is 0 Å². The van der Waals surface area contributed by atoms with Gasteiger partial charge in [0.1, 0.15) is 12.1 Å². The zero-order valence-electron chi connectivity index (χ0n) is 14.8. The van der Waals surface area contributed by atoms with Crippen LogP contribution in [0.15, 0.2) is 24.3 Å². The number of esters is 1. The molecule has 25 heavy (non-hydrogen) atoms. The van der Waals surface area contributed by atoms with E-state index in [9.17, 15) is 14.4 Å². The van der Waals surface area contributed by atoms with Crippen molar-refractivity contribution in [1.29, 1.82) is 0 Å². The largest absolute Gasteiger partial charge is 0.465 e. The molecule has 1 aliphatic heterocycles. The molecule has 3 rings (SSSR count). The standard InChI is InChI=1S/C19H24N2O4/c1-3-25-16(22)13-20-17(23)19(11-5-4-6-12-19)21(18(20)24)15-9-7-14(2)8-10-15/h7-10H,3-6,11-13H2,1-2H3. The van der Waals surface area contributed by atoms with Crippen LogP contribution in [-0.2, 0) is 14.3 Å². The number of amides is 3. The van der Waals surface area contributed by atoms with Crippen LogP contribution in [0.4, 0.5) is 10.5 Å². The number of hydrogen-bond acceptors (Lipinski definition) is 4. The van der Waals surface area contributed by atoms with E-state index in [2.05, 4.69) is 0 Å². The second-order valence-corrected chi connectivity index (χ2v) is 6.74. The summed E-state index contributed by atoms with van der Waals surface area (Å²) in [4.78, 5) is 40.7. The van der Waals surface area contributed by atoms with Gasteiger partial charge in [0.25, 0.3) is 5.91 Å². The molecule has 0 N–H and O–H groups in total. The quantitative estimate of drug-likeness (QED) is 0.622. The van der Waals surface area contributed by atoms with E-state index in [4.69, 9.17) is 4.74 Å². The molecular weight excluding hydrogens is 320 g/mol. The van der Waals surface area contributed by atoms with Crippen LogP contribution in [0.1, 0.15) is 44.6 Å². The molecule has 2 aliphatic rings. The first kappa shape index (κ1) is 17.5. The molecule has 6 nitrogen and oxygen atoms in total. The molecule has 1 saturated carbocycles. The van der Waals surface area contributed by atoms with Gasteiger partial charge in [0.2, 0.25) is 0 Å². The Labute approximate surface area is 147 Å². The average molecular weight is 344 g/mol. The third kappa shape index (κ3) is 3.01. The summed E-state index contributed by atoms with van der Waals surface area (Å²) in [5, 5.41) is 0. The predicted octanol–water partition coefficient (Wildman–Crippen LogP) is 3.03. The Balaban J connectivity index is 1.98. The smallest absolute Gasteiger partial charge is 0.332 e. The van der Waals surface area contributed by atoms with Crippen molar-refractivity contribution in [3.63, 3.8) is 0 Å². The van der Waals surface area contributed by atoms with Gasteiger partial charge in [0.05, 0.1) is 6.61 Å². The van der Waals surface area contributed by atoms with Crippen molar-refractivity contribution < 1.29 is 19.1 Å². The molecule has 1 aliphatic carbocycles. The average Bonchev–Trinajstić information content (AvgIpc) is 2.79. The van der Waals surface area contributed by atoms with Crippen molar-refractivity contribution in [3.05, 3.63) is 29.8 Å². The third-order valence-electron chi connectivity index (χ3n) is 5.06. The van der Waals surface area contributed by atoms with Crippen molar-refractivity contribution >= 4 is 23.6 Å². The lowest BCUT2D eigenvalue weighted by Crippen LogP contribution is -2.51. The van der Waals surface area contributed by atoms with Crippen LogP contribution < -0.4 is 4.90 Å². The van der Waals surface area contributed by atoms with Crippen molar-refractivity contribution in [3.8, 4) is 0 Å². The van der Waals surface area contributed by atoms with Gasteiger partial charge in [-0.3, -0.25) is 19.4 Å². The van der Waals surface area contributed by atoms with Gasteiger partial charge in [0.15, 0.2) is 0 Å². The molecule has 0 atom stereocenters. The molecule has 134 valence electrons. The van der Waals surface area contributed by atoms with Crippen LogP contribution in [-0.4, -0.2) is 41.5 Å². The first-order valence-corrected chi connectivity index (χ1v) is 8.88. The van der Waals surface area contributed by atoms with Gasteiger partial charge < -0.3 is 4.74 Å². The summed E-state index contributed by atoms with van der Waals surface area (Å²) in [6.07, 6.45) is 4.11. The Morgan fingerprint density at radius 1 is 1.12 bits per heavy atom. The summed E-state index contributed by atoms with van der Waals surface area (Å²) < 4.78 is 4.93.